The fourth-order valence-corrected chi connectivity index (χ4v) is 2.40. The van der Waals surface area contributed by atoms with Crippen molar-refractivity contribution >= 4 is 5.97 Å². The van der Waals surface area contributed by atoms with Gasteiger partial charge in [0.1, 0.15) is 6.04 Å². The molecular formula is C16H29N3O2. The molecule has 0 saturated heterocycles. The number of aryl methyl sites for hydroxylation is 1. The van der Waals surface area contributed by atoms with Gasteiger partial charge >= 0.3 is 5.97 Å². The summed E-state index contributed by atoms with van der Waals surface area (Å²) in [5.41, 5.74) is 2.17. The number of hydrogen-bond acceptors (Lipinski definition) is 4. The third-order valence-corrected chi connectivity index (χ3v) is 3.80. The Labute approximate surface area is 128 Å². The van der Waals surface area contributed by atoms with Gasteiger partial charge in [-0.1, -0.05) is 41.0 Å². The molecule has 0 fully saturated rings. The highest BCUT2D eigenvalue weighted by atomic mass is 16.5. The highest BCUT2D eigenvalue weighted by molar-refractivity contribution is 5.76. The molecular weight excluding hydrogens is 266 g/mol. The maximum absolute atomic E-state index is 11.9. The van der Waals surface area contributed by atoms with Gasteiger partial charge in [0.15, 0.2) is 0 Å². The SMILES string of the molecule is CCC(C)C(NCc1cn(C)nc1C(C)(C)C)C(=O)OC. The van der Waals surface area contributed by atoms with E-state index in [1.807, 2.05) is 17.9 Å². The molecule has 1 aromatic heterocycles. The molecule has 0 spiro atoms. The first-order valence-corrected chi connectivity index (χ1v) is 7.54. The molecule has 2 unspecified atom stereocenters. The van der Waals surface area contributed by atoms with E-state index in [0.717, 1.165) is 17.7 Å². The van der Waals surface area contributed by atoms with Crippen LogP contribution in [0.15, 0.2) is 6.20 Å². The van der Waals surface area contributed by atoms with E-state index in [2.05, 4.69) is 45.0 Å². The second kappa shape index (κ2) is 7.07. The maximum Gasteiger partial charge on any atom is 0.323 e. The number of aromatic nitrogens is 2. The molecule has 0 aliphatic carbocycles. The summed E-state index contributed by atoms with van der Waals surface area (Å²) < 4.78 is 6.73. The van der Waals surface area contributed by atoms with Crippen LogP contribution in [0.25, 0.3) is 0 Å². The molecule has 1 N–H and O–H groups in total. The minimum Gasteiger partial charge on any atom is -0.468 e. The van der Waals surface area contributed by atoms with Gasteiger partial charge in [-0.15, -0.1) is 0 Å². The second-order valence-corrected chi connectivity index (χ2v) is 6.69. The van der Waals surface area contributed by atoms with Gasteiger partial charge in [-0.25, -0.2) is 0 Å². The van der Waals surface area contributed by atoms with Gasteiger partial charge in [0, 0.05) is 30.8 Å². The lowest BCUT2D eigenvalue weighted by molar-refractivity contribution is -0.144. The fraction of sp³-hybridized carbons (Fsp3) is 0.750. The molecule has 0 radical (unpaired) electrons. The van der Waals surface area contributed by atoms with Crippen molar-refractivity contribution < 1.29 is 9.53 Å². The molecule has 0 aliphatic rings. The van der Waals surface area contributed by atoms with Gasteiger partial charge in [0.2, 0.25) is 0 Å². The summed E-state index contributed by atoms with van der Waals surface area (Å²) in [7, 11) is 3.36. The Balaban J connectivity index is 2.88. The molecule has 1 aromatic rings. The van der Waals surface area contributed by atoms with Crippen LogP contribution in [-0.2, 0) is 28.5 Å². The van der Waals surface area contributed by atoms with E-state index < -0.39 is 0 Å². The predicted octanol–water partition coefficient (Wildman–Crippen LogP) is 2.39. The number of methoxy groups -OCH3 is 1. The van der Waals surface area contributed by atoms with Gasteiger partial charge < -0.3 is 4.74 Å². The zero-order chi connectivity index (χ0) is 16.2. The van der Waals surface area contributed by atoms with Crippen LogP contribution in [0.1, 0.15) is 52.3 Å². The first kappa shape index (κ1) is 17.7. The zero-order valence-electron chi connectivity index (χ0n) is 14.4. The average molecular weight is 295 g/mol. The summed E-state index contributed by atoms with van der Waals surface area (Å²) in [4.78, 5) is 11.9. The smallest absolute Gasteiger partial charge is 0.323 e. The quantitative estimate of drug-likeness (QED) is 0.819. The van der Waals surface area contributed by atoms with Crippen molar-refractivity contribution in [3.05, 3.63) is 17.5 Å². The van der Waals surface area contributed by atoms with Crippen molar-refractivity contribution in [3.8, 4) is 0 Å². The average Bonchev–Trinajstić information content (AvgIpc) is 2.79. The largest absolute Gasteiger partial charge is 0.468 e. The standard InChI is InChI=1S/C16H29N3O2/c1-8-11(2)13(15(20)21-7)17-9-12-10-19(6)18-14(12)16(3,4)5/h10-11,13,17H,8-9H2,1-7H3. The first-order valence-electron chi connectivity index (χ1n) is 7.54. The Morgan fingerprint density at radius 3 is 2.57 bits per heavy atom. The number of rotatable bonds is 6. The summed E-state index contributed by atoms with van der Waals surface area (Å²) in [6.45, 7) is 11.2. The van der Waals surface area contributed by atoms with E-state index in [1.54, 1.807) is 0 Å². The van der Waals surface area contributed by atoms with E-state index in [9.17, 15) is 4.79 Å². The van der Waals surface area contributed by atoms with Crippen molar-refractivity contribution in [2.24, 2.45) is 13.0 Å². The van der Waals surface area contributed by atoms with Crippen molar-refractivity contribution in [1.29, 1.82) is 0 Å². The Kier molecular flexibility index (Phi) is 5.96. The number of hydrogen-bond donors (Lipinski definition) is 1. The molecule has 5 nitrogen and oxygen atoms in total. The first-order chi connectivity index (χ1) is 9.70. The lowest BCUT2D eigenvalue weighted by atomic mass is 9.89. The number of nitrogens with zero attached hydrogens (tertiary/aromatic N) is 2. The second-order valence-electron chi connectivity index (χ2n) is 6.69. The van der Waals surface area contributed by atoms with Crippen molar-refractivity contribution in [1.82, 2.24) is 15.1 Å². The lowest BCUT2D eigenvalue weighted by Crippen LogP contribution is -2.42. The molecule has 0 amide bonds. The van der Waals surface area contributed by atoms with Crippen LogP contribution in [0.5, 0.6) is 0 Å². The van der Waals surface area contributed by atoms with Crippen LogP contribution in [0, 0.1) is 5.92 Å². The van der Waals surface area contributed by atoms with Crippen LogP contribution in [0.2, 0.25) is 0 Å². The fourth-order valence-electron chi connectivity index (χ4n) is 2.40. The Bertz CT molecular complexity index is 474. The van der Waals surface area contributed by atoms with Crippen molar-refractivity contribution in [2.45, 2.75) is 59.0 Å². The van der Waals surface area contributed by atoms with Crippen LogP contribution >= 0.6 is 0 Å². The van der Waals surface area contributed by atoms with Crippen LogP contribution in [0.4, 0.5) is 0 Å². The number of ether oxygens (including phenoxy) is 1. The monoisotopic (exact) mass is 295 g/mol. The van der Waals surface area contributed by atoms with Crippen molar-refractivity contribution in [3.63, 3.8) is 0 Å². The summed E-state index contributed by atoms with van der Waals surface area (Å²) in [6.07, 6.45) is 2.93. The molecule has 2 atom stereocenters. The summed E-state index contributed by atoms with van der Waals surface area (Å²) in [6, 6.07) is -0.284. The van der Waals surface area contributed by atoms with E-state index >= 15 is 0 Å². The van der Waals surface area contributed by atoms with E-state index in [4.69, 9.17) is 4.74 Å². The zero-order valence-corrected chi connectivity index (χ0v) is 14.4. The van der Waals surface area contributed by atoms with Crippen LogP contribution in [0.3, 0.4) is 0 Å². The topological polar surface area (TPSA) is 56.2 Å². The number of carbonyl (C=O) groups is 1. The third-order valence-electron chi connectivity index (χ3n) is 3.80. The highest BCUT2D eigenvalue weighted by Gasteiger charge is 2.26. The highest BCUT2D eigenvalue weighted by Crippen LogP contribution is 2.24. The maximum atomic E-state index is 11.9. The molecule has 1 heterocycles. The van der Waals surface area contributed by atoms with Gasteiger partial charge in [-0.2, -0.15) is 5.10 Å². The molecule has 120 valence electrons. The number of esters is 1. The van der Waals surface area contributed by atoms with E-state index in [0.29, 0.717) is 6.54 Å². The minimum absolute atomic E-state index is 0.0184. The molecule has 21 heavy (non-hydrogen) atoms. The molecule has 0 bridgehead atoms. The van der Waals surface area contributed by atoms with Crippen molar-refractivity contribution in [2.75, 3.05) is 7.11 Å². The normalized spacial score (nSPS) is 14.8. The van der Waals surface area contributed by atoms with Gasteiger partial charge in [0.25, 0.3) is 0 Å². The molecule has 0 aliphatic heterocycles. The Morgan fingerprint density at radius 2 is 2.10 bits per heavy atom. The number of carbonyl (C=O) groups excluding carboxylic acids is 1. The summed E-state index contributed by atoms with van der Waals surface area (Å²) >= 11 is 0. The Hall–Kier alpha value is -1.36. The Morgan fingerprint density at radius 1 is 1.48 bits per heavy atom. The summed E-state index contributed by atoms with van der Waals surface area (Å²) in [5.74, 6) is 0.0257. The lowest BCUT2D eigenvalue weighted by Gasteiger charge is -2.23. The number of nitrogens with one attached hydrogen (secondary N) is 1. The summed E-state index contributed by atoms with van der Waals surface area (Å²) in [5, 5.41) is 7.89. The third kappa shape index (κ3) is 4.56. The van der Waals surface area contributed by atoms with Gasteiger partial charge in [0.05, 0.1) is 12.8 Å². The van der Waals surface area contributed by atoms with Gasteiger partial charge in [-0.05, 0) is 5.92 Å². The molecule has 5 heteroatoms. The van der Waals surface area contributed by atoms with Gasteiger partial charge in [-0.3, -0.25) is 14.8 Å². The minimum atomic E-state index is -0.284. The van der Waals surface area contributed by atoms with Crippen LogP contribution in [-0.4, -0.2) is 28.9 Å². The van der Waals surface area contributed by atoms with E-state index in [1.165, 1.54) is 7.11 Å². The molecule has 0 aromatic carbocycles. The van der Waals surface area contributed by atoms with Crippen LogP contribution < -0.4 is 5.32 Å². The molecule has 0 saturated carbocycles. The molecule has 1 rings (SSSR count). The predicted molar refractivity (Wildman–Crippen MR) is 84.0 cm³/mol. The van der Waals surface area contributed by atoms with E-state index in [-0.39, 0.29) is 23.3 Å².